The molecule has 0 saturated heterocycles. The van der Waals surface area contributed by atoms with Crippen LogP contribution in [0.3, 0.4) is 0 Å². The van der Waals surface area contributed by atoms with Gasteiger partial charge in [0, 0.05) is 19.2 Å². The second kappa shape index (κ2) is 5.63. The van der Waals surface area contributed by atoms with Crippen LogP contribution < -0.4 is 4.90 Å². The maximum Gasteiger partial charge on any atom is 0.149 e. The van der Waals surface area contributed by atoms with E-state index in [1.165, 1.54) is 11.0 Å². The van der Waals surface area contributed by atoms with Gasteiger partial charge in [-0.25, -0.2) is 8.78 Å². The van der Waals surface area contributed by atoms with Gasteiger partial charge in [-0.05, 0) is 12.1 Å². The number of nitrogens with zero attached hydrogens (tertiary/aromatic N) is 1. The van der Waals surface area contributed by atoms with Gasteiger partial charge < -0.3 is 15.1 Å². The van der Waals surface area contributed by atoms with Crippen molar-refractivity contribution in [2.45, 2.75) is 0 Å². The highest BCUT2D eigenvalue weighted by atomic mass is 19.1. The first-order valence-corrected chi connectivity index (χ1v) is 4.60. The highest BCUT2D eigenvalue weighted by Gasteiger charge is 2.11. The lowest BCUT2D eigenvalue weighted by atomic mass is 10.2. The van der Waals surface area contributed by atoms with Crippen LogP contribution in [0.15, 0.2) is 18.2 Å². The van der Waals surface area contributed by atoms with Gasteiger partial charge in [0.2, 0.25) is 0 Å². The summed E-state index contributed by atoms with van der Waals surface area (Å²) in [7, 11) is 0. The standard InChI is InChI=1S/C10H13F2NO2/c11-8-1-2-10(9(12)7-8)13(3-5-14)4-6-15/h1-2,7,14-15H,3-6H2. The van der Waals surface area contributed by atoms with Crippen molar-refractivity contribution < 1.29 is 19.0 Å². The van der Waals surface area contributed by atoms with Crippen LogP contribution in [0.2, 0.25) is 0 Å². The molecule has 1 aromatic carbocycles. The molecule has 0 bridgehead atoms. The van der Waals surface area contributed by atoms with Crippen LogP contribution in [-0.2, 0) is 0 Å². The average molecular weight is 217 g/mol. The van der Waals surface area contributed by atoms with E-state index in [-0.39, 0.29) is 32.0 Å². The molecule has 0 amide bonds. The van der Waals surface area contributed by atoms with Gasteiger partial charge in [-0.2, -0.15) is 0 Å². The highest BCUT2D eigenvalue weighted by molar-refractivity contribution is 5.47. The fraction of sp³-hybridized carbons (Fsp3) is 0.400. The van der Waals surface area contributed by atoms with E-state index in [0.29, 0.717) is 0 Å². The molecule has 0 aliphatic carbocycles. The summed E-state index contributed by atoms with van der Waals surface area (Å²) in [4.78, 5) is 1.45. The van der Waals surface area contributed by atoms with Crippen molar-refractivity contribution in [3.8, 4) is 0 Å². The lowest BCUT2D eigenvalue weighted by Crippen LogP contribution is -2.30. The predicted molar refractivity (Wildman–Crippen MR) is 52.7 cm³/mol. The Kier molecular flexibility index (Phi) is 4.45. The Morgan fingerprint density at radius 2 is 1.67 bits per heavy atom. The van der Waals surface area contributed by atoms with Crippen molar-refractivity contribution in [2.75, 3.05) is 31.2 Å². The Labute approximate surface area is 86.6 Å². The van der Waals surface area contributed by atoms with Gasteiger partial charge in [0.25, 0.3) is 0 Å². The first kappa shape index (κ1) is 11.9. The third-order valence-electron chi connectivity index (χ3n) is 1.99. The van der Waals surface area contributed by atoms with Gasteiger partial charge in [0.1, 0.15) is 11.6 Å². The van der Waals surface area contributed by atoms with Crippen molar-refractivity contribution in [3.63, 3.8) is 0 Å². The fourth-order valence-corrected chi connectivity index (χ4v) is 1.33. The normalized spacial score (nSPS) is 10.4. The molecule has 0 aromatic heterocycles. The molecule has 84 valence electrons. The molecule has 0 spiro atoms. The van der Waals surface area contributed by atoms with Gasteiger partial charge in [0.05, 0.1) is 18.9 Å². The molecule has 15 heavy (non-hydrogen) atoms. The highest BCUT2D eigenvalue weighted by Crippen LogP contribution is 2.19. The van der Waals surface area contributed by atoms with E-state index in [0.717, 1.165) is 12.1 Å². The van der Waals surface area contributed by atoms with E-state index >= 15 is 0 Å². The first-order valence-electron chi connectivity index (χ1n) is 4.60. The summed E-state index contributed by atoms with van der Waals surface area (Å²) < 4.78 is 25.9. The molecular formula is C10H13F2NO2. The molecule has 0 atom stereocenters. The zero-order valence-electron chi connectivity index (χ0n) is 8.16. The van der Waals surface area contributed by atoms with E-state index in [9.17, 15) is 8.78 Å². The molecule has 0 aliphatic rings. The van der Waals surface area contributed by atoms with Crippen LogP contribution in [0.4, 0.5) is 14.5 Å². The van der Waals surface area contributed by atoms with Gasteiger partial charge in [0.15, 0.2) is 0 Å². The van der Waals surface area contributed by atoms with Gasteiger partial charge >= 0.3 is 0 Å². The van der Waals surface area contributed by atoms with E-state index in [1.54, 1.807) is 0 Å². The molecule has 5 heteroatoms. The summed E-state index contributed by atoms with van der Waals surface area (Å²) in [5.74, 6) is -1.35. The number of hydrogen-bond donors (Lipinski definition) is 2. The van der Waals surface area contributed by atoms with Crippen molar-refractivity contribution in [3.05, 3.63) is 29.8 Å². The molecular weight excluding hydrogens is 204 g/mol. The van der Waals surface area contributed by atoms with Crippen LogP contribution in [0.5, 0.6) is 0 Å². The monoisotopic (exact) mass is 217 g/mol. The summed E-state index contributed by atoms with van der Waals surface area (Å²) in [5.41, 5.74) is 0.180. The van der Waals surface area contributed by atoms with Crippen molar-refractivity contribution in [1.82, 2.24) is 0 Å². The Hall–Kier alpha value is -1.20. The number of benzene rings is 1. The van der Waals surface area contributed by atoms with Gasteiger partial charge in [-0.15, -0.1) is 0 Å². The summed E-state index contributed by atoms with van der Waals surface area (Å²) in [6.07, 6.45) is 0. The third kappa shape index (κ3) is 3.14. The van der Waals surface area contributed by atoms with Crippen LogP contribution in [0.25, 0.3) is 0 Å². The third-order valence-corrected chi connectivity index (χ3v) is 1.99. The molecule has 0 radical (unpaired) electrons. The minimum Gasteiger partial charge on any atom is -0.395 e. The van der Waals surface area contributed by atoms with E-state index < -0.39 is 11.6 Å². The minimum atomic E-state index is -0.697. The molecule has 0 aliphatic heterocycles. The number of aliphatic hydroxyl groups is 2. The minimum absolute atomic E-state index is 0.156. The smallest absolute Gasteiger partial charge is 0.149 e. The maximum absolute atomic E-state index is 13.3. The SMILES string of the molecule is OCCN(CCO)c1ccc(F)cc1F. The maximum atomic E-state index is 13.3. The molecule has 1 aromatic rings. The summed E-state index contributed by atoms with van der Waals surface area (Å²) in [6.45, 7) is 0.0832. The second-order valence-corrected chi connectivity index (χ2v) is 3.03. The van der Waals surface area contributed by atoms with Crippen LogP contribution >= 0.6 is 0 Å². The Morgan fingerprint density at radius 3 is 2.13 bits per heavy atom. The molecule has 0 heterocycles. The van der Waals surface area contributed by atoms with Crippen LogP contribution in [0, 0.1) is 11.6 Å². The van der Waals surface area contributed by atoms with E-state index in [2.05, 4.69) is 0 Å². The zero-order chi connectivity index (χ0) is 11.3. The quantitative estimate of drug-likeness (QED) is 0.765. The van der Waals surface area contributed by atoms with E-state index in [4.69, 9.17) is 10.2 Å². The van der Waals surface area contributed by atoms with Crippen LogP contribution in [-0.4, -0.2) is 36.5 Å². The van der Waals surface area contributed by atoms with Gasteiger partial charge in [-0.1, -0.05) is 0 Å². The molecule has 0 unspecified atom stereocenters. The summed E-state index contributed by atoms with van der Waals surface area (Å²) in [6, 6.07) is 3.20. The van der Waals surface area contributed by atoms with E-state index in [1.807, 2.05) is 0 Å². The molecule has 3 nitrogen and oxygen atoms in total. The number of hydrogen-bond acceptors (Lipinski definition) is 3. The summed E-state index contributed by atoms with van der Waals surface area (Å²) >= 11 is 0. The lowest BCUT2D eigenvalue weighted by Gasteiger charge is -2.23. The average Bonchev–Trinajstić information content (AvgIpc) is 2.17. The first-order chi connectivity index (χ1) is 7.19. The molecule has 0 saturated carbocycles. The molecule has 2 N–H and O–H groups in total. The van der Waals surface area contributed by atoms with Crippen molar-refractivity contribution in [1.29, 1.82) is 0 Å². The number of halogens is 2. The topological polar surface area (TPSA) is 43.7 Å². The number of aliphatic hydroxyl groups excluding tert-OH is 2. The van der Waals surface area contributed by atoms with Crippen molar-refractivity contribution in [2.24, 2.45) is 0 Å². The van der Waals surface area contributed by atoms with Crippen LogP contribution in [0.1, 0.15) is 0 Å². The largest absolute Gasteiger partial charge is 0.395 e. The predicted octanol–water partition coefficient (Wildman–Crippen LogP) is 0.756. The second-order valence-electron chi connectivity index (χ2n) is 3.03. The fourth-order valence-electron chi connectivity index (χ4n) is 1.33. The Balaban J connectivity index is 2.89. The summed E-state index contributed by atoms with van der Waals surface area (Å²) in [5, 5.41) is 17.5. The molecule has 0 fully saturated rings. The molecule has 1 rings (SSSR count). The number of rotatable bonds is 5. The zero-order valence-corrected chi connectivity index (χ0v) is 8.16. The lowest BCUT2D eigenvalue weighted by molar-refractivity contribution is 0.280. The number of anilines is 1. The van der Waals surface area contributed by atoms with Gasteiger partial charge in [-0.3, -0.25) is 0 Å². The Morgan fingerprint density at radius 1 is 1.07 bits per heavy atom. The Bertz CT molecular complexity index is 314. The van der Waals surface area contributed by atoms with Crippen molar-refractivity contribution >= 4 is 5.69 Å².